The molecule has 7 nitrogen and oxygen atoms in total. The first-order chi connectivity index (χ1) is 12.6. The van der Waals surface area contributed by atoms with Crippen LogP contribution in [0.5, 0.6) is 0 Å². The molecule has 4 rings (SSSR count). The van der Waals surface area contributed by atoms with Gasteiger partial charge in [0, 0.05) is 50.4 Å². The fourth-order valence-electron chi connectivity index (χ4n) is 3.71. The van der Waals surface area contributed by atoms with Crippen molar-refractivity contribution in [1.29, 1.82) is 0 Å². The summed E-state index contributed by atoms with van der Waals surface area (Å²) in [4.78, 5) is 8.57. The minimum Gasteiger partial charge on any atom is -0.424 e. The second-order valence-electron chi connectivity index (χ2n) is 6.97. The standard InChI is InChI=1S/C19H23N5O2/c1-13-21-22-19(26-13)12-23(2)17-10-24(11-18(17)25)9-15-5-3-4-14-8-20-7-6-16(14)15/h3-8,17-18,25H,9-12H2,1-2H3/t17?,18-/m1/s1. The molecule has 1 unspecified atom stereocenters. The second-order valence-corrected chi connectivity index (χ2v) is 6.97. The summed E-state index contributed by atoms with van der Waals surface area (Å²) in [7, 11) is 1.99. The van der Waals surface area contributed by atoms with Crippen molar-refractivity contribution in [2.45, 2.75) is 32.2 Å². The van der Waals surface area contributed by atoms with E-state index in [0.717, 1.165) is 18.5 Å². The molecule has 0 amide bonds. The lowest BCUT2D eigenvalue weighted by molar-refractivity contribution is 0.0899. The Kier molecular flexibility index (Phi) is 4.67. The lowest BCUT2D eigenvalue weighted by Gasteiger charge is -2.25. The number of aromatic nitrogens is 3. The van der Waals surface area contributed by atoms with Crippen LogP contribution >= 0.6 is 0 Å². The first kappa shape index (κ1) is 17.1. The number of aliphatic hydroxyl groups is 1. The number of benzene rings is 1. The summed E-state index contributed by atoms with van der Waals surface area (Å²) in [5.74, 6) is 1.14. The SMILES string of the molecule is Cc1nnc(CN(C)C2CN(Cc3cccc4cnccc34)C[C@H]2O)o1. The third-order valence-corrected chi connectivity index (χ3v) is 5.02. The number of nitrogens with zero attached hydrogens (tertiary/aromatic N) is 5. The molecular formula is C19H23N5O2. The van der Waals surface area contributed by atoms with Crippen molar-refractivity contribution in [2.24, 2.45) is 0 Å². The third kappa shape index (κ3) is 3.46. The molecule has 0 spiro atoms. The molecule has 1 aliphatic heterocycles. The predicted molar refractivity (Wildman–Crippen MR) is 97.3 cm³/mol. The smallest absolute Gasteiger partial charge is 0.230 e. The average Bonchev–Trinajstić information content (AvgIpc) is 3.20. The highest BCUT2D eigenvalue weighted by Crippen LogP contribution is 2.23. The largest absolute Gasteiger partial charge is 0.424 e. The monoisotopic (exact) mass is 353 g/mol. The highest BCUT2D eigenvalue weighted by atomic mass is 16.4. The van der Waals surface area contributed by atoms with Gasteiger partial charge in [-0.1, -0.05) is 18.2 Å². The molecule has 0 aliphatic carbocycles. The Morgan fingerprint density at radius 2 is 2.15 bits per heavy atom. The number of aryl methyl sites for hydroxylation is 1. The maximum Gasteiger partial charge on any atom is 0.230 e. The zero-order valence-corrected chi connectivity index (χ0v) is 15.0. The Bertz CT molecular complexity index is 891. The van der Waals surface area contributed by atoms with Crippen LogP contribution in [-0.2, 0) is 13.1 Å². The summed E-state index contributed by atoms with van der Waals surface area (Å²) in [6, 6.07) is 8.38. The van der Waals surface area contributed by atoms with Crippen LogP contribution in [-0.4, -0.2) is 62.4 Å². The normalized spacial score (nSPS) is 21.1. The van der Waals surface area contributed by atoms with Gasteiger partial charge in [-0.2, -0.15) is 0 Å². The lowest BCUT2D eigenvalue weighted by Crippen LogP contribution is -2.40. The Balaban J connectivity index is 1.44. The number of hydrogen-bond acceptors (Lipinski definition) is 7. The van der Waals surface area contributed by atoms with Crippen LogP contribution in [0, 0.1) is 6.92 Å². The Hall–Kier alpha value is -2.35. The van der Waals surface area contributed by atoms with Gasteiger partial charge in [-0.15, -0.1) is 10.2 Å². The van der Waals surface area contributed by atoms with Gasteiger partial charge in [-0.05, 0) is 24.1 Å². The zero-order chi connectivity index (χ0) is 18.1. The molecule has 1 saturated heterocycles. The van der Waals surface area contributed by atoms with Gasteiger partial charge < -0.3 is 9.52 Å². The summed E-state index contributed by atoms with van der Waals surface area (Å²) < 4.78 is 5.45. The number of likely N-dealkylation sites (N-methyl/N-ethyl adjacent to an activating group) is 1. The van der Waals surface area contributed by atoms with E-state index >= 15 is 0 Å². The van der Waals surface area contributed by atoms with E-state index in [9.17, 15) is 5.11 Å². The molecule has 2 aromatic heterocycles. The highest BCUT2D eigenvalue weighted by molar-refractivity contribution is 5.84. The van der Waals surface area contributed by atoms with Crippen LogP contribution < -0.4 is 0 Å². The van der Waals surface area contributed by atoms with E-state index in [1.807, 2.05) is 19.4 Å². The molecule has 26 heavy (non-hydrogen) atoms. The van der Waals surface area contributed by atoms with Crippen LogP contribution in [0.15, 0.2) is 41.1 Å². The van der Waals surface area contributed by atoms with Gasteiger partial charge in [0.05, 0.1) is 12.6 Å². The number of rotatable bonds is 5. The van der Waals surface area contributed by atoms with E-state index in [-0.39, 0.29) is 6.04 Å². The molecule has 0 bridgehead atoms. The Labute approximate surface area is 152 Å². The van der Waals surface area contributed by atoms with Gasteiger partial charge in [0.2, 0.25) is 11.8 Å². The third-order valence-electron chi connectivity index (χ3n) is 5.02. The van der Waals surface area contributed by atoms with Gasteiger partial charge in [0.1, 0.15) is 0 Å². The van der Waals surface area contributed by atoms with Crippen molar-refractivity contribution in [3.05, 3.63) is 54.0 Å². The zero-order valence-electron chi connectivity index (χ0n) is 15.0. The molecule has 136 valence electrons. The summed E-state index contributed by atoms with van der Waals surface area (Å²) in [5, 5.41) is 20.8. The number of likely N-dealkylation sites (tertiary alicyclic amines) is 1. The van der Waals surface area contributed by atoms with E-state index in [1.165, 1.54) is 10.9 Å². The molecule has 3 heterocycles. The molecule has 1 aliphatic rings. The van der Waals surface area contributed by atoms with Crippen molar-refractivity contribution in [1.82, 2.24) is 25.0 Å². The van der Waals surface area contributed by atoms with E-state index < -0.39 is 6.10 Å². The van der Waals surface area contributed by atoms with Crippen LogP contribution in [0.3, 0.4) is 0 Å². The fraction of sp³-hybridized carbons (Fsp3) is 0.421. The number of fused-ring (bicyclic) bond motifs is 1. The fourth-order valence-corrected chi connectivity index (χ4v) is 3.71. The molecule has 0 radical (unpaired) electrons. The van der Waals surface area contributed by atoms with Crippen molar-refractivity contribution in [3.8, 4) is 0 Å². The molecule has 1 aromatic carbocycles. The molecule has 0 saturated carbocycles. The van der Waals surface area contributed by atoms with Gasteiger partial charge >= 0.3 is 0 Å². The van der Waals surface area contributed by atoms with E-state index in [1.54, 1.807) is 6.92 Å². The van der Waals surface area contributed by atoms with Crippen LogP contribution in [0.1, 0.15) is 17.3 Å². The number of pyridine rings is 1. The Morgan fingerprint density at radius 1 is 1.27 bits per heavy atom. The average molecular weight is 353 g/mol. The summed E-state index contributed by atoms with van der Waals surface area (Å²) in [6.45, 7) is 4.58. The summed E-state index contributed by atoms with van der Waals surface area (Å²) in [6.07, 6.45) is 3.31. The van der Waals surface area contributed by atoms with Gasteiger partial charge in [0.15, 0.2) is 0 Å². The predicted octanol–water partition coefficient (Wildman–Crippen LogP) is 1.60. The maximum atomic E-state index is 10.5. The van der Waals surface area contributed by atoms with Crippen LogP contribution in [0.25, 0.3) is 10.8 Å². The number of hydrogen-bond donors (Lipinski definition) is 1. The minimum atomic E-state index is -0.402. The highest BCUT2D eigenvalue weighted by Gasteiger charge is 2.34. The van der Waals surface area contributed by atoms with Crippen molar-refractivity contribution in [2.75, 3.05) is 20.1 Å². The van der Waals surface area contributed by atoms with E-state index in [0.29, 0.717) is 24.9 Å². The second kappa shape index (κ2) is 7.11. The molecule has 1 N–H and O–H groups in total. The van der Waals surface area contributed by atoms with Gasteiger partial charge in [-0.3, -0.25) is 14.8 Å². The summed E-state index contributed by atoms with van der Waals surface area (Å²) in [5.41, 5.74) is 1.26. The van der Waals surface area contributed by atoms with E-state index in [2.05, 4.69) is 49.2 Å². The minimum absolute atomic E-state index is 0.0406. The molecule has 3 aromatic rings. The van der Waals surface area contributed by atoms with Gasteiger partial charge in [-0.25, -0.2) is 0 Å². The van der Waals surface area contributed by atoms with Crippen LogP contribution in [0.2, 0.25) is 0 Å². The van der Waals surface area contributed by atoms with E-state index in [4.69, 9.17) is 4.42 Å². The van der Waals surface area contributed by atoms with Gasteiger partial charge in [0.25, 0.3) is 0 Å². The molecule has 7 heteroatoms. The van der Waals surface area contributed by atoms with Crippen molar-refractivity contribution < 1.29 is 9.52 Å². The topological polar surface area (TPSA) is 78.5 Å². The number of β-amino-alcohol motifs (C(OH)–C–C–N with tert-alkyl or cyclic N) is 1. The molecule has 1 fully saturated rings. The molecule has 2 atom stereocenters. The quantitative estimate of drug-likeness (QED) is 0.746. The lowest BCUT2D eigenvalue weighted by atomic mass is 10.1. The first-order valence-corrected chi connectivity index (χ1v) is 8.81. The molecular weight excluding hydrogens is 330 g/mol. The first-order valence-electron chi connectivity index (χ1n) is 8.81. The summed E-state index contributed by atoms with van der Waals surface area (Å²) >= 11 is 0. The van der Waals surface area contributed by atoms with Crippen molar-refractivity contribution >= 4 is 10.8 Å². The van der Waals surface area contributed by atoms with Crippen LogP contribution in [0.4, 0.5) is 0 Å². The van der Waals surface area contributed by atoms with Crippen molar-refractivity contribution in [3.63, 3.8) is 0 Å². The Morgan fingerprint density at radius 3 is 2.96 bits per heavy atom. The maximum absolute atomic E-state index is 10.5. The number of aliphatic hydroxyl groups excluding tert-OH is 1.